The first-order valence-electron chi connectivity index (χ1n) is 5.43. The fourth-order valence-corrected chi connectivity index (χ4v) is 2.35. The van der Waals surface area contributed by atoms with Gasteiger partial charge in [0, 0.05) is 4.88 Å². The van der Waals surface area contributed by atoms with Crippen LogP contribution >= 0.6 is 22.9 Å². The van der Waals surface area contributed by atoms with E-state index in [0.29, 0.717) is 9.21 Å². The van der Waals surface area contributed by atoms with Gasteiger partial charge in [0.15, 0.2) is 6.04 Å². The summed E-state index contributed by atoms with van der Waals surface area (Å²) in [4.78, 5) is 23.7. The summed E-state index contributed by atoms with van der Waals surface area (Å²) in [5, 5.41) is 2.45. The Morgan fingerprint density at radius 3 is 2.50 bits per heavy atom. The summed E-state index contributed by atoms with van der Waals surface area (Å²) in [5.74, 6) is -0.538. The van der Waals surface area contributed by atoms with Crippen molar-refractivity contribution in [2.75, 3.05) is 13.2 Å². The zero-order valence-corrected chi connectivity index (χ0v) is 11.6. The number of esters is 1. The van der Waals surface area contributed by atoms with Crippen molar-refractivity contribution in [3.8, 4) is 0 Å². The van der Waals surface area contributed by atoms with Crippen molar-refractivity contribution in [3.63, 3.8) is 0 Å². The van der Waals surface area contributed by atoms with E-state index in [-0.39, 0.29) is 13.2 Å². The van der Waals surface area contributed by atoms with Crippen molar-refractivity contribution in [3.05, 3.63) is 21.3 Å². The third-order valence-electron chi connectivity index (χ3n) is 1.94. The van der Waals surface area contributed by atoms with Gasteiger partial charge in [0.25, 0.3) is 0 Å². The van der Waals surface area contributed by atoms with Gasteiger partial charge in [-0.05, 0) is 26.0 Å². The van der Waals surface area contributed by atoms with Crippen LogP contribution < -0.4 is 5.32 Å². The van der Waals surface area contributed by atoms with E-state index in [1.54, 1.807) is 26.0 Å². The monoisotopic (exact) mass is 291 g/mol. The third-order valence-corrected chi connectivity index (χ3v) is 3.23. The molecule has 0 spiro atoms. The molecule has 1 amide bonds. The van der Waals surface area contributed by atoms with Crippen molar-refractivity contribution in [2.45, 2.75) is 19.9 Å². The Morgan fingerprint density at radius 1 is 1.33 bits per heavy atom. The number of carbonyl (C=O) groups is 2. The molecule has 0 aromatic carbocycles. The quantitative estimate of drug-likeness (QED) is 0.847. The Hall–Kier alpha value is -1.27. The minimum atomic E-state index is -0.888. The molecule has 1 N–H and O–H groups in total. The molecule has 0 aliphatic carbocycles. The number of amides is 1. The summed E-state index contributed by atoms with van der Waals surface area (Å²) in [6.07, 6.45) is -0.667. The Kier molecular flexibility index (Phi) is 5.94. The van der Waals surface area contributed by atoms with E-state index in [4.69, 9.17) is 21.1 Å². The molecule has 0 aliphatic rings. The number of hydrogen-bond acceptors (Lipinski definition) is 5. The van der Waals surface area contributed by atoms with Crippen LogP contribution in [0.4, 0.5) is 4.79 Å². The standard InChI is InChI=1S/C11H14ClNO4S/c1-3-16-10(14)9(13-11(15)17-4-2)7-5-6-8(12)18-7/h5-6,9H,3-4H2,1-2H3,(H,13,15). The van der Waals surface area contributed by atoms with Crippen molar-refractivity contribution in [1.29, 1.82) is 0 Å². The largest absolute Gasteiger partial charge is 0.464 e. The molecule has 7 heteroatoms. The van der Waals surface area contributed by atoms with Gasteiger partial charge in [0.2, 0.25) is 0 Å². The molecule has 0 saturated carbocycles. The van der Waals surface area contributed by atoms with Crippen LogP contribution in [0.3, 0.4) is 0 Å². The predicted molar refractivity (Wildman–Crippen MR) is 68.9 cm³/mol. The van der Waals surface area contributed by atoms with E-state index in [1.165, 1.54) is 11.3 Å². The summed E-state index contributed by atoms with van der Waals surface area (Å²) >= 11 is 7.01. The van der Waals surface area contributed by atoms with Crippen LogP contribution in [0.25, 0.3) is 0 Å². The molecule has 0 saturated heterocycles. The second-order valence-corrected chi connectivity index (χ2v) is 4.94. The molecule has 5 nitrogen and oxygen atoms in total. The number of nitrogens with one attached hydrogen (secondary N) is 1. The van der Waals surface area contributed by atoms with Crippen LogP contribution in [0.2, 0.25) is 4.34 Å². The van der Waals surface area contributed by atoms with Gasteiger partial charge in [-0.15, -0.1) is 11.3 Å². The highest BCUT2D eigenvalue weighted by molar-refractivity contribution is 7.16. The summed E-state index contributed by atoms with van der Waals surface area (Å²) in [6.45, 7) is 3.84. The first-order valence-corrected chi connectivity index (χ1v) is 6.63. The lowest BCUT2D eigenvalue weighted by molar-refractivity contribution is -0.145. The predicted octanol–water partition coefficient (Wildman–Crippen LogP) is 2.75. The summed E-state index contributed by atoms with van der Waals surface area (Å²) in [7, 11) is 0. The highest BCUT2D eigenvalue weighted by Gasteiger charge is 2.26. The number of rotatable bonds is 5. The molecule has 0 fully saturated rings. The first-order chi connectivity index (χ1) is 8.58. The summed E-state index contributed by atoms with van der Waals surface area (Å²) in [6, 6.07) is 2.43. The molecular weight excluding hydrogens is 278 g/mol. The van der Waals surface area contributed by atoms with E-state index in [2.05, 4.69) is 5.32 Å². The van der Waals surface area contributed by atoms with Gasteiger partial charge in [0.05, 0.1) is 17.6 Å². The van der Waals surface area contributed by atoms with E-state index in [1.807, 2.05) is 0 Å². The van der Waals surface area contributed by atoms with Crippen LogP contribution in [-0.4, -0.2) is 25.3 Å². The van der Waals surface area contributed by atoms with Gasteiger partial charge in [0.1, 0.15) is 0 Å². The molecule has 1 aromatic heterocycles. The fraction of sp³-hybridized carbons (Fsp3) is 0.455. The summed E-state index contributed by atoms with van der Waals surface area (Å²) in [5.41, 5.74) is 0. The number of carbonyl (C=O) groups excluding carboxylic acids is 2. The zero-order valence-electron chi connectivity index (χ0n) is 10.1. The third kappa shape index (κ3) is 4.19. The lowest BCUT2D eigenvalue weighted by atomic mass is 10.2. The number of ether oxygens (including phenoxy) is 2. The first kappa shape index (κ1) is 14.8. The van der Waals surface area contributed by atoms with E-state index in [0.717, 1.165) is 0 Å². The van der Waals surface area contributed by atoms with Gasteiger partial charge in [-0.2, -0.15) is 0 Å². The second kappa shape index (κ2) is 7.23. The van der Waals surface area contributed by atoms with Gasteiger partial charge in [-0.25, -0.2) is 9.59 Å². The zero-order chi connectivity index (χ0) is 13.5. The van der Waals surface area contributed by atoms with Crippen LogP contribution in [0.1, 0.15) is 24.8 Å². The normalized spacial score (nSPS) is 11.7. The number of halogens is 1. The number of hydrogen-bond donors (Lipinski definition) is 1. The Bertz CT molecular complexity index is 421. The Labute approximate surface area is 114 Å². The van der Waals surface area contributed by atoms with E-state index in [9.17, 15) is 9.59 Å². The Morgan fingerprint density at radius 2 is 2.00 bits per heavy atom. The van der Waals surface area contributed by atoms with Crippen LogP contribution in [0.5, 0.6) is 0 Å². The van der Waals surface area contributed by atoms with E-state index >= 15 is 0 Å². The van der Waals surface area contributed by atoms with E-state index < -0.39 is 18.1 Å². The van der Waals surface area contributed by atoms with Crippen molar-refractivity contribution in [1.82, 2.24) is 5.32 Å². The molecule has 1 unspecified atom stereocenters. The minimum Gasteiger partial charge on any atom is -0.464 e. The van der Waals surface area contributed by atoms with Gasteiger partial charge < -0.3 is 14.8 Å². The SMILES string of the molecule is CCOC(=O)NC(C(=O)OCC)c1ccc(Cl)s1. The lowest BCUT2D eigenvalue weighted by Gasteiger charge is -2.15. The molecule has 100 valence electrons. The Balaban J connectivity index is 2.81. The highest BCUT2D eigenvalue weighted by atomic mass is 35.5. The smallest absolute Gasteiger partial charge is 0.408 e. The molecule has 18 heavy (non-hydrogen) atoms. The number of alkyl carbamates (subject to hydrolysis) is 1. The fourth-order valence-electron chi connectivity index (χ4n) is 1.25. The maximum absolute atomic E-state index is 11.8. The molecule has 0 radical (unpaired) electrons. The maximum atomic E-state index is 11.8. The van der Waals surface area contributed by atoms with Crippen LogP contribution in [0, 0.1) is 0 Å². The topological polar surface area (TPSA) is 64.6 Å². The summed E-state index contributed by atoms with van der Waals surface area (Å²) < 4.78 is 10.2. The number of thiophene rings is 1. The van der Waals surface area contributed by atoms with Crippen LogP contribution in [-0.2, 0) is 14.3 Å². The molecule has 1 atom stereocenters. The van der Waals surface area contributed by atoms with Crippen molar-refractivity contribution in [2.24, 2.45) is 0 Å². The minimum absolute atomic E-state index is 0.229. The van der Waals surface area contributed by atoms with Gasteiger partial charge in [-0.3, -0.25) is 0 Å². The van der Waals surface area contributed by atoms with Crippen molar-refractivity contribution >= 4 is 35.0 Å². The molecule has 0 aliphatic heterocycles. The molecular formula is C11H14ClNO4S. The van der Waals surface area contributed by atoms with Gasteiger partial charge >= 0.3 is 12.1 Å². The molecule has 1 heterocycles. The second-order valence-electron chi connectivity index (χ2n) is 3.19. The highest BCUT2D eigenvalue weighted by Crippen LogP contribution is 2.27. The molecule has 1 aromatic rings. The maximum Gasteiger partial charge on any atom is 0.408 e. The average molecular weight is 292 g/mol. The van der Waals surface area contributed by atoms with Crippen molar-refractivity contribution < 1.29 is 19.1 Å². The average Bonchev–Trinajstić information content (AvgIpc) is 2.73. The van der Waals surface area contributed by atoms with Gasteiger partial charge in [-0.1, -0.05) is 11.6 Å². The molecule has 0 bridgehead atoms. The van der Waals surface area contributed by atoms with Crippen LogP contribution in [0.15, 0.2) is 12.1 Å². The lowest BCUT2D eigenvalue weighted by Crippen LogP contribution is -2.34. The molecule has 1 rings (SSSR count).